The predicted molar refractivity (Wildman–Crippen MR) is 81.2 cm³/mol. The van der Waals surface area contributed by atoms with Crippen LogP contribution in [-0.4, -0.2) is 35.9 Å². The largest absolute Gasteiger partial charge is 0.453 e. The Hall–Kier alpha value is -2.77. The highest BCUT2D eigenvalue weighted by Crippen LogP contribution is 2.36. The zero-order chi connectivity index (χ0) is 17.3. The zero-order valence-corrected chi connectivity index (χ0v) is 12.7. The van der Waals surface area contributed by atoms with Crippen LogP contribution in [0.5, 0.6) is 11.5 Å². The maximum atomic E-state index is 12.9. The lowest BCUT2D eigenvalue weighted by molar-refractivity contribution is -0.137. The maximum Gasteiger partial charge on any atom is 0.418 e. The number of likely N-dealkylation sites (N-methyl/N-ethyl adjacent to an activating group) is 1. The fourth-order valence-electron chi connectivity index (χ4n) is 2.31. The van der Waals surface area contributed by atoms with Gasteiger partial charge >= 0.3 is 6.18 Å². The van der Waals surface area contributed by atoms with Crippen LogP contribution >= 0.6 is 0 Å². The summed E-state index contributed by atoms with van der Waals surface area (Å²) in [5.74, 6) is 0.0337. The van der Waals surface area contributed by atoms with Gasteiger partial charge in [0.1, 0.15) is 5.75 Å². The number of hydrogen-bond acceptors (Lipinski definition) is 4. The topological polar surface area (TPSA) is 54.5 Å². The quantitative estimate of drug-likeness (QED) is 0.801. The van der Waals surface area contributed by atoms with Gasteiger partial charge in [-0.05, 0) is 18.2 Å². The summed E-state index contributed by atoms with van der Waals surface area (Å²) in [6, 6.07) is 7.30. The van der Waals surface area contributed by atoms with Crippen LogP contribution in [0, 0.1) is 0 Å². The number of hydrogen-bond donors (Lipinski definition) is 1. The molecule has 1 aliphatic rings. The number of pyridine rings is 1. The molecule has 2 aromatic rings. The second kappa shape index (κ2) is 6.03. The lowest BCUT2D eigenvalue weighted by Gasteiger charge is -2.23. The number of halogens is 3. The molecular formula is C16H14F3N3O2. The number of amides is 1. The summed E-state index contributed by atoms with van der Waals surface area (Å²) in [6.45, 7) is 0.703. The Bertz CT molecular complexity index is 777. The van der Waals surface area contributed by atoms with E-state index in [1.54, 1.807) is 25.2 Å². The molecule has 0 spiro atoms. The van der Waals surface area contributed by atoms with Crippen molar-refractivity contribution in [3.63, 3.8) is 0 Å². The second-order valence-electron chi connectivity index (χ2n) is 5.32. The van der Waals surface area contributed by atoms with Crippen LogP contribution < -0.4 is 10.1 Å². The first kappa shape index (κ1) is 16.1. The van der Waals surface area contributed by atoms with E-state index in [2.05, 4.69) is 10.3 Å². The van der Waals surface area contributed by atoms with E-state index in [0.29, 0.717) is 13.1 Å². The third kappa shape index (κ3) is 3.12. The molecule has 1 aliphatic heterocycles. The van der Waals surface area contributed by atoms with Gasteiger partial charge in [0, 0.05) is 26.3 Å². The molecule has 0 saturated carbocycles. The molecule has 3 rings (SSSR count). The molecule has 0 unspecified atom stereocenters. The average Bonchev–Trinajstić information content (AvgIpc) is 2.54. The van der Waals surface area contributed by atoms with Gasteiger partial charge in [0.25, 0.3) is 5.91 Å². The minimum atomic E-state index is -4.53. The highest BCUT2D eigenvalue weighted by molar-refractivity contribution is 5.97. The number of benzene rings is 1. The predicted octanol–water partition coefficient (Wildman–Crippen LogP) is 3.39. The van der Waals surface area contributed by atoms with Gasteiger partial charge < -0.3 is 15.0 Å². The summed E-state index contributed by atoms with van der Waals surface area (Å²) >= 11 is 0. The number of nitrogens with one attached hydrogen (secondary N) is 1. The summed E-state index contributed by atoms with van der Waals surface area (Å²) in [6.07, 6.45) is -3.78. The monoisotopic (exact) mass is 337 g/mol. The van der Waals surface area contributed by atoms with E-state index in [1.807, 2.05) is 0 Å². The number of anilines is 1. The van der Waals surface area contributed by atoms with E-state index in [9.17, 15) is 18.0 Å². The van der Waals surface area contributed by atoms with E-state index >= 15 is 0 Å². The number of aromatic nitrogens is 1. The molecule has 8 heteroatoms. The molecule has 5 nitrogen and oxygen atoms in total. The number of nitrogens with zero attached hydrogens (tertiary/aromatic N) is 2. The smallest absolute Gasteiger partial charge is 0.418 e. The van der Waals surface area contributed by atoms with Crippen molar-refractivity contribution < 1.29 is 22.7 Å². The molecule has 0 atom stereocenters. The third-order valence-corrected chi connectivity index (χ3v) is 3.60. The summed E-state index contributed by atoms with van der Waals surface area (Å²) in [5.41, 5.74) is -0.633. The van der Waals surface area contributed by atoms with Crippen LogP contribution in [0.4, 0.5) is 19.0 Å². The van der Waals surface area contributed by atoms with E-state index < -0.39 is 11.7 Å². The van der Waals surface area contributed by atoms with Gasteiger partial charge in [-0.3, -0.25) is 4.79 Å². The Morgan fingerprint density at radius 3 is 2.75 bits per heavy atom. The number of carbonyl (C=O) groups is 1. The molecule has 0 bridgehead atoms. The first-order chi connectivity index (χ1) is 11.4. The van der Waals surface area contributed by atoms with Crippen LogP contribution in [0.3, 0.4) is 0 Å². The van der Waals surface area contributed by atoms with Crippen molar-refractivity contribution in [1.82, 2.24) is 9.88 Å². The van der Waals surface area contributed by atoms with Gasteiger partial charge in [0.05, 0.1) is 11.1 Å². The van der Waals surface area contributed by atoms with Gasteiger partial charge in [-0.2, -0.15) is 13.2 Å². The molecule has 1 N–H and O–H groups in total. The molecule has 1 aromatic heterocycles. The molecule has 0 fully saturated rings. The fourth-order valence-corrected chi connectivity index (χ4v) is 2.31. The van der Waals surface area contributed by atoms with Crippen LogP contribution in [0.2, 0.25) is 0 Å². The first-order valence-corrected chi connectivity index (χ1v) is 7.20. The first-order valence-electron chi connectivity index (χ1n) is 7.20. The molecule has 126 valence electrons. The molecule has 0 radical (unpaired) electrons. The maximum absolute atomic E-state index is 12.9. The molecule has 24 heavy (non-hydrogen) atoms. The molecule has 1 aromatic carbocycles. The molecule has 0 saturated heterocycles. The van der Waals surface area contributed by atoms with E-state index in [-0.39, 0.29) is 28.8 Å². The molecule has 1 amide bonds. The van der Waals surface area contributed by atoms with Gasteiger partial charge in [-0.25, -0.2) is 4.98 Å². The Morgan fingerprint density at radius 1 is 1.25 bits per heavy atom. The summed E-state index contributed by atoms with van der Waals surface area (Å²) in [5, 5.41) is 2.90. The number of para-hydroxylation sites is 1. The number of ether oxygens (including phenoxy) is 1. The van der Waals surface area contributed by atoms with Crippen molar-refractivity contribution in [3.05, 3.63) is 47.7 Å². The number of alkyl halides is 3. The van der Waals surface area contributed by atoms with Crippen LogP contribution in [0.25, 0.3) is 0 Å². The second-order valence-corrected chi connectivity index (χ2v) is 5.32. The van der Waals surface area contributed by atoms with Gasteiger partial charge in [0.2, 0.25) is 0 Å². The SMILES string of the molecule is CN1CCNc2ncc(C(F)(F)F)cc2Oc2ccccc2C1=O. The zero-order valence-electron chi connectivity index (χ0n) is 12.7. The van der Waals surface area contributed by atoms with E-state index in [0.717, 1.165) is 12.3 Å². The Kier molecular flexibility index (Phi) is 4.04. The summed E-state index contributed by atoms with van der Waals surface area (Å²) in [4.78, 5) is 17.7. The fraction of sp³-hybridized carbons (Fsp3) is 0.250. The standard InChI is InChI=1S/C16H14F3N3O2/c1-22-7-6-20-14-13(8-10(9-21-14)16(17,18)19)24-12-5-3-2-4-11(12)15(22)23/h2-5,8-9H,6-7H2,1H3,(H,20,21). The molecule has 2 heterocycles. The third-order valence-electron chi connectivity index (χ3n) is 3.60. The van der Waals surface area contributed by atoms with E-state index in [4.69, 9.17) is 4.74 Å². The summed E-state index contributed by atoms with van der Waals surface area (Å²) in [7, 11) is 1.64. The average molecular weight is 337 g/mol. The van der Waals surface area contributed by atoms with Gasteiger partial charge in [0.15, 0.2) is 11.6 Å². The molecular weight excluding hydrogens is 323 g/mol. The van der Waals surface area contributed by atoms with Crippen LogP contribution in [0.1, 0.15) is 15.9 Å². The van der Waals surface area contributed by atoms with Crippen molar-refractivity contribution in [2.45, 2.75) is 6.18 Å². The normalized spacial score (nSPS) is 15.0. The van der Waals surface area contributed by atoms with Crippen molar-refractivity contribution in [1.29, 1.82) is 0 Å². The highest BCUT2D eigenvalue weighted by Gasteiger charge is 2.32. The van der Waals surface area contributed by atoms with Crippen molar-refractivity contribution in [3.8, 4) is 11.5 Å². The van der Waals surface area contributed by atoms with Crippen LogP contribution in [0.15, 0.2) is 36.5 Å². The van der Waals surface area contributed by atoms with Crippen molar-refractivity contribution in [2.75, 3.05) is 25.5 Å². The van der Waals surface area contributed by atoms with Gasteiger partial charge in [-0.1, -0.05) is 12.1 Å². The Labute approximate surface area is 136 Å². The van der Waals surface area contributed by atoms with Crippen LogP contribution in [-0.2, 0) is 6.18 Å². The number of fused-ring (bicyclic) bond motifs is 2. The number of carbonyl (C=O) groups excluding carboxylic acids is 1. The lowest BCUT2D eigenvalue weighted by atomic mass is 10.1. The van der Waals surface area contributed by atoms with Gasteiger partial charge in [-0.15, -0.1) is 0 Å². The molecule has 0 aliphatic carbocycles. The van der Waals surface area contributed by atoms with E-state index in [1.165, 1.54) is 11.0 Å². The minimum absolute atomic E-state index is 0.0744. The van der Waals surface area contributed by atoms with Crippen molar-refractivity contribution >= 4 is 11.7 Å². The summed E-state index contributed by atoms with van der Waals surface area (Å²) < 4.78 is 44.4. The number of rotatable bonds is 0. The Morgan fingerprint density at radius 2 is 2.00 bits per heavy atom. The van der Waals surface area contributed by atoms with Crippen molar-refractivity contribution in [2.24, 2.45) is 0 Å². The minimum Gasteiger partial charge on any atom is -0.453 e. The lowest BCUT2D eigenvalue weighted by Crippen LogP contribution is -2.32. The highest BCUT2D eigenvalue weighted by atomic mass is 19.4. The Balaban J connectivity index is 2.09.